The summed E-state index contributed by atoms with van der Waals surface area (Å²) in [5.41, 5.74) is 2.17. The average Bonchev–Trinajstić information content (AvgIpc) is 2.26. The summed E-state index contributed by atoms with van der Waals surface area (Å²) in [6, 6.07) is 5.80. The van der Waals surface area contributed by atoms with Gasteiger partial charge in [-0.3, -0.25) is 4.79 Å². The predicted octanol–water partition coefficient (Wildman–Crippen LogP) is 3.70. The zero-order chi connectivity index (χ0) is 11.0. The Morgan fingerprint density at radius 1 is 1.27 bits per heavy atom. The fourth-order valence-electron chi connectivity index (χ4n) is 1.43. The Morgan fingerprint density at radius 3 is 2.67 bits per heavy atom. The monoisotopic (exact) mass is 396 g/mol. The van der Waals surface area contributed by atoms with Gasteiger partial charge in [-0.15, -0.1) is 0 Å². The third-order valence-electron chi connectivity index (χ3n) is 2.22. The first kappa shape index (κ1) is 11.6. The van der Waals surface area contributed by atoms with Gasteiger partial charge >= 0.3 is 5.97 Å². The molecule has 0 spiro atoms. The molecule has 0 amide bonds. The minimum absolute atomic E-state index is 0.0345. The quantitative estimate of drug-likeness (QED) is 0.409. The second-order valence-corrected chi connectivity index (χ2v) is 5.76. The zero-order valence-electron chi connectivity index (χ0n) is 7.54. The van der Waals surface area contributed by atoms with Crippen LogP contribution in [0.5, 0.6) is 5.75 Å². The summed E-state index contributed by atoms with van der Waals surface area (Å²) in [6.07, 6.45) is 0. The fraction of sp³-hybridized carbons (Fsp3) is 0.300. The molecule has 0 saturated heterocycles. The van der Waals surface area contributed by atoms with Crippen LogP contribution in [0.2, 0.25) is 0 Å². The molecular formula is C10H7Br3O2. The van der Waals surface area contributed by atoms with Crippen LogP contribution in [0.25, 0.3) is 0 Å². The maximum Gasteiger partial charge on any atom is 0.326 e. The van der Waals surface area contributed by atoms with Crippen molar-refractivity contribution in [2.45, 2.75) is 15.0 Å². The summed E-state index contributed by atoms with van der Waals surface area (Å²) in [5.74, 6) is 0.387. The number of halogens is 3. The maximum atomic E-state index is 11.4. The number of rotatable bonds is 1. The first-order valence-corrected chi connectivity index (χ1v) is 7.27. The second kappa shape index (κ2) is 4.55. The van der Waals surface area contributed by atoms with Gasteiger partial charge in [-0.1, -0.05) is 59.9 Å². The number of carbonyl (C=O) groups is 1. The zero-order valence-corrected chi connectivity index (χ0v) is 12.3. The molecule has 0 N–H and O–H groups in total. The van der Waals surface area contributed by atoms with Crippen LogP contribution in [0.15, 0.2) is 18.2 Å². The van der Waals surface area contributed by atoms with Gasteiger partial charge < -0.3 is 4.74 Å². The van der Waals surface area contributed by atoms with Crippen molar-refractivity contribution in [3.05, 3.63) is 29.3 Å². The Bertz CT molecular complexity index is 406. The van der Waals surface area contributed by atoms with Gasteiger partial charge in [0.1, 0.15) is 10.6 Å². The van der Waals surface area contributed by atoms with Crippen molar-refractivity contribution in [1.29, 1.82) is 0 Å². The molecule has 2 rings (SSSR count). The molecule has 1 aromatic rings. The summed E-state index contributed by atoms with van der Waals surface area (Å²) in [6.45, 7) is 0. The standard InChI is InChI=1S/C10H7Br3O2/c11-4-5-1-2-7-6(3-5)8(12)9(13)10(14)15-7/h1-3,8-9H,4H2/t8-,9+/m0/s1. The Kier molecular flexibility index (Phi) is 3.52. The number of hydrogen-bond donors (Lipinski definition) is 0. The third-order valence-corrected chi connectivity index (χ3v) is 5.50. The summed E-state index contributed by atoms with van der Waals surface area (Å²) in [5, 5.41) is 0.793. The number of benzene rings is 1. The van der Waals surface area contributed by atoms with Gasteiger partial charge in [0.15, 0.2) is 0 Å². The molecule has 1 aromatic carbocycles. The maximum absolute atomic E-state index is 11.4. The SMILES string of the molecule is O=C1Oc2ccc(CBr)cc2[C@H](Br)[C@H]1Br. The Morgan fingerprint density at radius 2 is 2.00 bits per heavy atom. The smallest absolute Gasteiger partial charge is 0.326 e. The van der Waals surface area contributed by atoms with Crippen molar-refractivity contribution in [2.24, 2.45) is 0 Å². The molecule has 1 aliphatic rings. The summed E-state index contributed by atoms with van der Waals surface area (Å²) >= 11 is 10.2. The van der Waals surface area contributed by atoms with Gasteiger partial charge in [0.25, 0.3) is 0 Å². The van der Waals surface area contributed by atoms with E-state index in [-0.39, 0.29) is 15.6 Å². The van der Waals surface area contributed by atoms with Crippen molar-refractivity contribution < 1.29 is 9.53 Å². The van der Waals surface area contributed by atoms with Crippen molar-refractivity contribution in [3.63, 3.8) is 0 Å². The predicted molar refractivity (Wildman–Crippen MR) is 69.1 cm³/mol. The van der Waals surface area contributed by atoms with Gasteiger partial charge in [-0.2, -0.15) is 0 Å². The lowest BCUT2D eigenvalue weighted by atomic mass is 10.0. The number of carbonyl (C=O) groups excluding carboxylic acids is 1. The van der Waals surface area contributed by atoms with Gasteiger partial charge in [0, 0.05) is 10.9 Å². The lowest BCUT2D eigenvalue weighted by Gasteiger charge is -2.24. The van der Waals surface area contributed by atoms with Crippen LogP contribution in [0.1, 0.15) is 16.0 Å². The van der Waals surface area contributed by atoms with Crippen molar-refractivity contribution >= 4 is 53.8 Å². The van der Waals surface area contributed by atoms with Crippen LogP contribution in [-0.2, 0) is 10.1 Å². The Labute approximate surface area is 113 Å². The van der Waals surface area contributed by atoms with Crippen LogP contribution < -0.4 is 4.74 Å². The molecule has 0 bridgehead atoms. The molecule has 15 heavy (non-hydrogen) atoms. The first-order valence-electron chi connectivity index (χ1n) is 4.32. The molecule has 80 valence electrons. The highest BCUT2D eigenvalue weighted by Gasteiger charge is 2.34. The van der Waals surface area contributed by atoms with E-state index in [0.29, 0.717) is 5.75 Å². The molecule has 1 heterocycles. The summed E-state index contributed by atoms with van der Waals surface area (Å²) in [7, 11) is 0. The Balaban J connectivity index is 2.46. The topological polar surface area (TPSA) is 26.3 Å². The lowest BCUT2D eigenvalue weighted by Crippen LogP contribution is -2.29. The van der Waals surface area contributed by atoms with E-state index in [1.165, 1.54) is 0 Å². The average molecular weight is 399 g/mol. The van der Waals surface area contributed by atoms with Crippen LogP contribution in [0, 0.1) is 0 Å². The number of alkyl halides is 3. The molecule has 2 nitrogen and oxygen atoms in total. The minimum atomic E-state index is -0.324. The number of esters is 1. The normalized spacial score (nSPS) is 24.6. The lowest BCUT2D eigenvalue weighted by molar-refractivity contribution is -0.134. The Hall–Kier alpha value is 0.130. The molecular weight excluding hydrogens is 392 g/mol. The summed E-state index contributed by atoms with van der Waals surface area (Å²) in [4.78, 5) is 11.1. The van der Waals surface area contributed by atoms with Crippen molar-refractivity contribution in [2.75, 3.05) is 0 Å². The van der Waals surface area contributed by atoms with E-state index in [1.807, 2.05) is 18.2 Å². The van der Waals surface area contributed by atoms with E-state index < -0.39 is 0 Å². The molecule has 0 aromatic heterocycles. The molecule has 0 unspecified atom stereocenters. The molecule has 0 saturated carbocycles. The highest BCUT2D eigenvalue weighted by atomic mass is 79.9. The number of ether oxygens (including phenoxy) is 1. The molecule has 0 aliphatic carbocycles. The summed E-state index contributed by atoms with van der Waals surface area (Å²) < 4.78 is 5.18. The first-order chi connectivity index (χ1) is 7.13. The number of hydrogen-bond acceptors (Lipinski definition) is 2. The van der Waals surface area contributed by atoms with Gasteiger partial charge in [0.05, 0.1) is 4.83 Å². The van der Waals surface area contributed by atoms with Crippen LogP contribution in [-0.4, -0.2) is 10.8 Å². The van der Waals surface area contributed by atoms with Gasteiger partial charge in [-0.05, 0) is 11.6 Å². The minimum Gasteiger partial charge on any atom is -0.425 e. The van der Waals surface area contributed by atoms with Crippen LogP contribution in [0.4, 0.5) is 0 Å². The molecule has 5 heteroatoms. The molecule has 0 radical (unpaired) electrons. The third kappa shape index (κ3) is 2.15. The van der Waals surface area contributed by atoms with E-state index in [9.17, 15) is 4.79 Å². The highest BCUT2D eigenvalue weighted by Crippen LogP contribution is 2.41. The van der Waals surface area contributed by atoms with E-state index >= 15 is 0 Å². The largest absolute Gasteiger partial charge is 0.425 e. The van der Waals surface area contributed by atoms with Gasteiger partial charge in [0.2, 0.25) is 0 Å². The van der Waals surface area contributed by atoms with E-state index in [1.54, 1.807) is 0 Å². The van der Waals surface area contributed by atoms with E-state index in [4.69, 9.17) is 4.74 Å². The highest BCUT2D eigenvalue weighted by molar-refractivity contribution is 9.12. The van der Waals surface area contributed by atoms with Crippen LogP contribution in [0.3, 0.4) is 0 Å². The van der Waals surface area contributed by atoms with Crippen molar-refractivity contribution in [3.8, 4) is 5.75 Å². The second-order valence-electron chi connectivity index (χ2n) is 3.23. The molecule has 1 aliphatic heterocycles. The fourth-order valence-corrected chi connectivity index (χ4v) is 2.73. The van der Waals surface area contributed by atoms with Crippen LogP contribution >= 0.6 is 47.8 Å². The molecule has 0 fully saturated rings. The molecule has 2 atom stereocenters. The van der Waals surface area contributed by atoms with Crippen molar-refractivity contribution in [1.82, 2.24) is 0 Å². The number of fused-ring (bicyclic) bond motifs is 1. The van der Waals surface area contributed by atoms with E-state index in [0.717, 1.165) is 16.5 Å². The van der Waals surface area contributed by atoms with E-state index in [2.05, 4.69) is 47.8 Å². The van der Waals surface area contributed by atoms with Gasteiger partial charge in [-0.25, -0.2) is 0 Å².